The van der Waals surface area contributed by atoms with E-state index in [2.05, 4.69) is 4.90 Å². The van der Waals surface area contributed by atoms with Crippen LogP contribution in [0, 0.1) is 0 Å². The van der Waals surface area contributed by atoms with Crippen molar-refractivity contribution in [1.29, 1.82) is 0 Å². The fourth-order valence-corrected chi connectivity index (χ4v) is 0.830. The molecule has 0 aromatic rings. The average molecular weight is 158 g/mol. The third kappa shape index (κ3) is 7.49. The number of Topliss-reactive ketones (excluding diaryl/α,β-unsaturated/α-hetero) is 1. The molecule has 0 N–H and O–H groups in total. The summed E-state index contributed by atoms with van der Waals surface area (Å²) in [6.45, 7) is 4.14. The van der Waals surface area contributed by atoms with E-state index < -0.39 is 0 Å². The van der Waals surface area contributed by atoms with E-state index in [0.717, 1.165) is 13.1 Å². The summed E-state index contributed by atoms with van der Waals surface area (Å²) in [7, 11) is 6.02. The first-order chi connectivity index (χ1) is 5.02. The molecule has 0 fully saturated rings. The molecule has 0 atom stereocenters. The van der Waals surface area contributed by atoms with Crippen LogP contribution >= 0.6 is 0 Å². The van der Waals surface area contributed by atoms with Crippen molar-refractivity contribution >= 4 is 5.78 Å². The van der Waals surface area contributed by atoms with Gasteiger partial charge in [-0.05, 0) is 28.1 Å². The number of ketones is 1. The zero-order valence-corrected chi connectivity index (χ0v) is 7.92. The average Bonchev–Trinajstić information content (AvgIpc) is 1.82. The highest BCUT2D eigenvalue weighted by Gasteiger charge is 2.00. The highest BCUT2D eigenvalue weighted by atomic mass is 16.1. The summed E-state index contributed by atoms with van der Waals surface area (Å²) in [5, 5.41) is 0. The van der Waals surface area contributed by atoms with Gasteiger partial charge in [0, 0.05) is 13.1 Å². The van der Waals surface area contributed by atoms with Crippen molar-refractivity contribution in [1.82, 2.24) is 9.80 Å². The molecule has 0 heterocycles. The summed E-state index contributed by atoms with van der Waals surface area (Å²) in [5.41, 5.74) is 0. The normalized spacial score (nSPS) is 11.1. The van der Waals surface area contributed by atoms with Crippen molar-refractivity contribution in [2.24, 2.45) is 0 Å². The monoisotopic (exact) mass is 158 g/mol. The summed E-state index contributed by atoms with van der Waals surface area (Å²) in [4.78, 5) is 14.8. The Morgan fingerprint density at radius 3 is 2.09 bits per heavy atom. The maximum atomic E-state index is 10.6. The SMILES string of the molecule is CC(=O)CN(C)CCN(C)C. The highest BCUT2D eigenvalue weighted by Crippen LogP contribution is 1.83. The molecular weight excluding hydrogens is 140 g/mol. The van der Waals surface area contributed by atoms with Crippen molar-refractivity contribution in [2.45, 2.75) is 6.92 Å². The van der Waals surface area contributed by atoms with Gasteiger partial charge in [-0.2, -0.15) is 0 Å². The lowest BCUT2D eigenvalue weighted by Gasteiger charge is -2.17. The molecule has 0 aromatic carbocycles. The highest BCUT2D eigenvalue weighted by molar-refractivity contribution is 5.77. The minimum atomic E-state index is 0.228. The maximum absolute atomic E-state index is 10.6. The number of hydrogen-bond donors (Lipinski definition) is 0. The second-order valence-corrected chi connectivity index (χ2v) is 3.24. The molecule has 0 rings (SSSR count). The van der Waals surface area contributed by atoms with E-state index in [9.17, 15) is 4.79 Å². The molecule has 0 bridgehead atoms. The van der Waals surface area contributed by atoms with Crippen molar-refractivity contribution < 1.29 is 4.79 Å². The van der Waals surface area contributed by atoms with Gasteiger partial charge >= 0.3 is 0 Å². The van der Waals surface area contributed by atoms with E-state index in [4.69, 9.17) is 0 Å². The van der Waals surface area contributed by atoms with Gasteiger partial charge in [-0.1, -0.05) is 0 Å². The number of rotatable bonds is 5. The van der Waals surface area contributed by atoms with Crippen LogP contribution in [0.5, 0.6) is 0 Å². The summed E-state index contributed by atoms with van der Waals surface area (Å²) < 4.78 is 0. The number of nitrogens with zero attached hydrogens (tertiary/aromatic N) is 2. The first-order valence-electron chi connectivity index (χ1n) is 3.85. The lowest BCUT2D eigenvalue weighted by atomic mass is 10.4. The fraction of sp³-hybridized carbons (Fsp3) is 0.875. The number of hydrogen-bond acceptors (Lipinski definition) is 3. The van der Waals surface area contributed by atoms with E-state index in [0.29, 0.717) is 6.54 Å². The van der Waals surface area contributed by atoms with Crippen LogP contribution in [0.4, 0.5) is 0 Å². The van der Waals surface area contributed by atoms with Gasteiger partial charge in [-0.15, -0.1) is 0 Å². The van der Waals surface area contributed by atoms with Crippen molar-refractivity contribution in [2.75, 3.05) is 40.8 Å². The molecule has 0 aromatic heterocycles. The zero-order chi connectivity index (χ0) is 8.85. The van der Waals surface area contributed by atoms with Gasteiger partial charge in [0.1, 0.15) is 5.78 Å². The molecule has 0 saturated heterocycles. The van der Waals surface area contributed by atoms with E-state index in [-0.39, 0.29) is 5.78 Å². The Kier molecular flexibility index (Phi) is 5.07. The molecule has 0 unspecified atom stereocenters. The van der Waals surface area contributed by atoms with Gasteiger partial charge in [0.15, 0.2) is 0 Å². The van der Waals surface area contributed by atoms with Crippen LogP contribution in [-0.4, -0.2) is 56.4 Å². The van der Waals surface area contributed by atoms with Crippen molar-refractivity contribution in [3.8, 4) is 0 Å². The maximum Gasteiger partial charge on any atom is 0.143 e. The van der Waals surface area contributed by atoms with E-state index in [1.807, 2.05) is 26.0 Å². The van der Waals surface area contributed by atoms with Gasteiger partial charge in [0.2, 0.25) is 0 Å². The Morgan fingerprint density at radius 1 is 1.18 bits per heavy atom. The first-order valence-corrected chi connectivity index (χ1v) is 3.85. The number of carbonyl (C=O) groups excluding carboxylic acids is 1. The summed E-state index contributed by atoms with van der Waals surface area (Å²) in [6, 6.07) is 0. The molecule has 3 nitrogen and oxygen atoms in total. The fourth-order valence-electron chi connectivity index (χ4n) is 0.830. The Bertz CT molecular complexity index is 123. The van der Waals surface area contributed by atoms with Gasteiger partial charge in [-0.3, -0.25) is 9.69 Å². The Labute approximate surface area is 69.0 Å². The van der Waals surface area contributed by atoms with E-state index >= 15 is 0 Å². The first kappa shape index (κ1) is 10.6. The van der Waals surface area contributed by atoms with E-state index in [1.54, 1.807) is 6.92 Å². The lowest BCUT2D eigenvalue weighted by Crippen LogP contribution is -2.31. The third-order valence-corrected chi connectivity index (χ3v) is 1.42. The molecule has 0 aliphatic carbocycles. The molecule has 3 heteroatoms. The second kappa shape index (κ2) is 5.27. The predicted octanol–water partition coefficient (Wildman–Crippen LogP) is 0.0688. The molecule has 66 valence electrons. The molecule has 0 aliphatic heterocycles. The topological polar surface area (TPSA) is 23.6 Å². The molecule has 0 radical (unpaired) electrons. The van der Waals surface area contributed by atoms with Gasteiger partial charge in [-0.25, -0.2) is 0 Å². The number of likely N-dealkylation sites (N-methyl/N-ethyl adjacent to an activating group) is 2. The van der Waals surface area contributed by atoms with Crippen LogP contribution in [0.25, 0.3) is 0 Å². The smallest absolute Gasteiger partial charge is 0.143 e. The Balaban J connectivity index is 3.37. The summed E-state index contributed by atoms with van der Waals surface area (Å²) >= 11 is 0. The molecule has 0 amide bonds. The van der Waals surface area contributed by atoms with Gasteiger partial charge in [0.05, 0.1) is 6.54 Å². The van der Waals surface area contributed by atoms with E-state index in [1.165, 1.54) is 0 Å². The predicted molar refractivity (Wildman–Crippen MR) is 46.7 cm³/mol. The largest absolute Gasteiger partial charge is 0.308 e. The lowest BCUT2D eigenvalue weighted by molar-refractivity contribution is -0.117. The second-order valence-electron chi connectivity index (χ2n) is 3.24. The quantitative estimate of drug-likeness (QED) is 0.565. The van der Waals surface area contributed by atoms with Gasteiger partial charge < -0.3 is 4.90 Å². The molecule has 0 aliphatic rings. The van der Waals surface area contributed by atoms with Gasteiger partial charge in [0.25, 0.3) is 0 Å². The van der Waals surface area contributed by atoms with Crippen LogP contribution in [0.1, 0.15) is 6.92 Å². The van der Waals surface area contributed by atoms with Crippen molar-refractivity contribution in [3.05, 3.63) is 0 Å². The van der Waals surface area contributed by atoms with Crippen LogP contribution in [0.15, 0.2) is 0 Å². The van der Waals surface area contributed by atoms with Crippen LogP contribution < -0.4 is 0 Å². The minimum Gasteiger partial charge on any atom is -0.308 e. The van der Waals surface area contributed by atoms with Crippen LogP contribution in [0.2, 0.25) is 0 Å². The van der Waals surface area contributed by atoms with Crippen LogP contribution in [0.3, 0.4) is 0 Å². The van der Waals surface area contributed by atoms with Crippen molar-refractivity contribution in [3.63, 3.8) is 0 Å². The zero-order valence-electron chi connectivity index (χ0n) is 7.92. The molecular formula is C8H18N2O. The summed E-state index contributed by atoms with van der Waals surface area (Å²) in [5.74, 6) is 0.228. The third-order valence-electron chi connectivity index (χ3n) is 1.42. The standard InChI is InChI=1S/C8H18N2O/c1-8(11)7-10(4)6-5-9(2)3/h5-7H2,1-4H3. The number of carbonyl (C=O) groups is 1. The molecule has 0 spiro atoms. The Hall–Kier alpha value is -0.410. The molecule has 11 heavy (non-hydrogen) atoms. The summed E-state index contributed by atoms with van der Waals surface area (Å²) in [6.07, 6.45) is 0. The Morgan fingerprint density at radius 2 is 1.73 bits per heavy atom. The minimum absolute atomic E-state index is 0.228. The van der Waals surface area contributed by atoms with Crippen LogP contribution in [-0.2, 0) is 4.79 Å². The molecule has 0 saturated carbocycles.